The molecule has 0 unspecified atom stereocenters. The van der Waals surface area contributed by atoms with Crippen LogP contribution in [0.1, 0.15) is 19.4 Å². The van der Waals surface area contributed by atoms with Crippen LogP contribution in [0, 0.1) is 0 Å². The molecule has 0 fully saturated rings. The van der Waals surface area contributed by atoms with Crippen molar-refractivity contribution >= 4 is 23.0 Å². The van der Waals surface area contributed by atoms with Crippen LogP contribution < -0.4 is 15.9 Å². The van der Waals surface area contributed by atoms with Crippen LogP contribution in [0.4, 0.5) is 0 Å². The third-order valence-corrected chi connectivity index (χ3v) is 9.48. The van der Waals surface area contributed by atoms with Crippen molar-refractivity contribution in [1.82, 2.24) is 0 Å². The van der Waals surface area contributed by atoms with Gasteiger partial charge in [-0.05, 0) is 0 Å². The molecule has 122 valence electrons. The fraction of sp³-hybridized carbons (Fsp3) is 0.143. The molecular formula is C21H21O2P. The molecule has 3 heteroatoms. The van der Waals surface area contributed by atoms with Crippen LogP contribution in [0.15, 0.2) is 84.9 Å². The van der Waals surface area contributed by atoms with E-state index in [0.29, 0.717) is 0 Å². The molecule has 0 saturated carbocycles. The summed E-state index contributed by atoms with van der Waals surface area (Å²) in [5.74, 6) is 0. The maximum atomic E-state index is 12.5. The molecule has 2 nitrogen and oxygen atoms in total. The van der Waals surface area contributed by atoms with E-state index in [2.05, 4.69) is 6.07 Å². The number of hydrogen-bond donors (Lipinski definition) is 1. The molecule has 4 rings (SSSR count). The molecule has 0 spiro atoms. The minimum absolute atomic E-state index is 0.561. The molecule has 1 heterocycles. The zero-order valence-corrected chi connectivity index (χ0v) is 14.8. The van der Waals surface area contributed by atoms with Gasteiger partial charge in [0.1, 0.15) is 0 Å². The van der Waals surface area contributed by atoms with E-state index in [0.717, 1.165) is 21.5 Å². The van der Waals surface area contributed by atoms with E-state index in [9.17, 15) is 4.89 Å². The fourth-order valence-electron chi connectivity index (χ4n) is 3.83. The molecule has 24 heavy (non-hydrogen) atoms. The second-order valence-electron chi connectivity index (χ2n) is 6.78. The Balaban J connectivity index is 2.17. The van der Waals surface area contributed by atoms with Crippen LogP contribution in [0.25, 0.3) is 0 Å². The van der Waals surface area contributed by atoms with Gasteiger partial charge in [0.25, 0.3) is 0 Å². The van der Waals surface area contributed by atoms with Crippen LogP contribution in [0.5, 0.6) is 0 Å². The molecule has 3 aromatic rings. The summed E-state index contributed by atoms with van der Waals surface area (Å²) in [5, 5.41) is 2.59. The molecule has 0 atom stereocenters. The van der Waals surface area contributed by atoms with Crippen molar-refractivity contribution in [2.24, 2.45) is 0 Å². The Labute approximate surface area is 142 Å². The van der Waals surface area contributed by atoms with Gasteiger partial charge in [-0.2, -0.15) is 0 Å². The molecule has 0 aliphatic carbocycles. The van der Waals surface area contributed by atoms with E-state index in [-0.39, 0.29) is 0 Å². The summed E-state index contributed by atoms with van der Waals surface area (Å²) >= 11 is 0. The Morgan fingerprint density at radius 3 is 1.71 bits per heavy atom. The van der Waals surface area contributed by atoms with Crippen molar-refractivity contribution in [3.63, 3.8) is 0 Å². The second kappa shape index (κ2) is 5.00. The molecule has 3 aromatic carbocycles. The van der Waals surface area contributed by atoms with E-state index in [1.54, 1.807) is 0 Å². The first-order chi connectivity index (χ1) is 11.5. The summed E-state index contributed by atoms with van der Waals surface area (Å²) in [6.45, 7) is 4.06. The van der Waals surface area contributed by atoms with Gasteiger partial charge in [0.05, 0.1) is 0 Å². The van der Waals surface area contributed by atoms with Gasteiger partial charge in [-0.15, -0.1) is 0 Å². The first kappa shape index (κ1) is 15.5. The van der Waals surface area contributed by atoms with Crippen LogP contribution in [-0.4, -0.2) is 4.89 Å². The monoisotopic (exact) mass is 336 g/mol. The van der Waals surface area contributed by atoms with Gasteiger partial charge in [-0.25, -0.2) is 0 Å². The summed E-state index contributed by atoms with van der Waals surface area (Å²) < 4.78 is 6.65. The van der Waals surface area contributed by atoms with Crippen molar-refractivity contribution in [1.29, 1.82) is 0 Å². The Morgan fingerprint density at radius 2 is 1.17 bits per heavy atom. The standard InChI is InChI=1S/C21H21O2P/c1-21(2)19-15-9-10-16-20(19)24(22,23-21,17-11-5-3-6-12-17)18-13-7-4-8-14-18/h3-16,22H,1-2H3. The summed E-state index contributed by atoms with van der Waals surface area (Å²) in [6.07, 6.45) is 0. The Morgan fingerprint density at radius 1 is 0.708 bits per heavy atom. The summed E-state index contributed by atoms with van der Waals surface area (Å²) in [6, 6.07) is 27.7. The van der Waals surface area contributed by atoms with Crippen molar-refractivity contribution in [2.45, 2.75) is 19.4 Å². The predicted molar refractivity (Wildman–Crippen MR) is 101 cm³/mol. The third-order valence-electron chi connectivity index (χ3n) is 4.88. The average molecular weight is 336 g/mol. The van der Waals surface area contributed by atoms with Crippen LogP contribution in [-0.2, 0) is 10.1 Å². The first-order valence-electron chi connectivity index (χ1n) is 8.16. The molecule has 0 aromatic heterocycles. The van der Waals surface area contributed by atoms with Crippen molar-refractivity contribution < 1.29 is 9.42 Å². The number of hydrogen-bond acceptors (Lipinski definition) is 2. The van der Waals surface area contributed by atoms with E-state index in [1.807, 2.05) is 92.7 Å². The first-order valence-corrected chi connectivity index (χ1v) is 10.3. The van der Waals surface area contributed by atoms with Gasteiger partial charge < -0.3 is 0 Å². The van der Waals surface area contributed by atoms with Gasteiger partial charge in [0.2, 0.25) is 0 Å². The molecule has 0 amide bonds. The molecule has 0 saturated heterocycles. The van der Waals surface area contributed by atoms with Crippen LogP contribution in [0.3, 0.4) is 0 Å². The van der Waals surface area contributed by atoms with Crippen molar-refractivity contribution in [3.8, 4) is 0 Å². The maximum absolute atomic E-state index is 12.5. The van der Waals surface area contributed by atoms with Gasteiger partial charge >= 0.3 is 142 Å². The molecular weight excluding hydrogens is 315 g/mol. The quantitative estimate of drug-likeness (QED) is 0.725. The Bertz CT molecular complexity index is 848. The molecule has 1 N–H and O–H groups in total. The fourth-order valence-corrected chi connectivity index (χ4v) is 8.58. The normalized spacial score (nSPS) is 21.4. The topological polar surface area (TPSA) is 29.5 Å². The molecule has 0 radical (unpaired) electrons. The zero-order chi connectivity index (χ0) is 16.9. The van der Waals surface area contributed by atoms with E-state index >= 15 is 0 Å². The van der Waals surface area contributed by atoms with E-state index in [1.165, 1.54) is 0 Å². The van der Waals surface area contributed by atoms with Crippen LogP contribution in [0.2, 0.25) is 0 Å². The number of rotatable bonds is 2. The molecule has 0 bridgehead atoms. The SMILES string of the molecule is CC1(C)OP(O)(c2ccccc2)(c2ccccc2)c2ccccc21. The van der Waals surface area contributed by atoms with E-state index in [4.69, 9.17) is 4.52 Å². The van der Waals surface area contributed by atoms with Gasteiger partial charge in [0, 0.05) is 0 Å². The number of fused-ring (bicyclic) bond motifs is 1. The van der Waals surface area contributed by atoms with Gasteiger partial charge in [-0.3, -0.25) is 0 Å². The average Bonchev–Trinajstić information content (AvgIpc) is 2.83. The van der Waals surface area contributed by atoms with Crippen LogP contribution >= 0.6 is 7.06 Å². The predicted octanol–water partition coefficient (Wildman–Crippen LogP) is 3.60. The molecule has 1 aliphatic heterocycles. The number of benzene rings is 3. The zero-order valence-electron chi connectivity index (χ0n) is 13.9. The minimum atomic E-state index is -3.95. The Hall–Kier alpha value is -1.99. The van der Waals surface area contributed by atoms with Gasteiger partial charge in [0.15, 0.2) is 0 Å². The molecule has 1 aliphatic rings. The summed E-state index contributed by atoms with van der Waals surface area (Å²) in [7, 11) is -3.95. The third kappa shape index (κ3) is 1.88. The Kier molecular flexibility index (Phi) is 3.24. The van der Waals surface area contributed by atoms with Crippen molar-refractivity contribution in [3.05, 3.63) is 90.5 Å². The van der Waals surface area contributed by atoms with Gasteiger partial charge in [-0.1, -0.05) is 0 Å². The summed E-state index contributed by atoms with van der Waals surface area (Å²) in [4.78, 5) is 12.5. The second-order valence-corrected chi connectivity index (χ2v) is 10.5. The summed E-state index contributed by atoms with van der Waals surface area (Å²) in [5.41, 5.74) is 0.493. The van der Waals surface area contributed by atoms with Crippen molar-refractivity contribution in [2.75, 3.05) is 0 Å². The van der Waals surface area contributed by atoms with E-state index < -0.39 is 12.7 Å².